The molecule has 0 fully saturated rings. The standard InChI is InChI=1S/C19H19N3O3/c1-24-16-8-9-17(18(11-16)25-2)21-19(23)10-14-12-20-22(13-14)15-6-4-3-5-7-15/h3-9,11-13H,10H2,1-2H3,(H,21,23). The van der Waals surface area contributed by atoms with Crippen LogP contribution in [0.3, 0.4) is 0 Å². The molecule has 1 heterocycles. The largest absolute Gasteiger partial charge is 0.497 e. The summed E-state index contributed by atoms with van der Waals surface area (Å²) in [6.45, 7) is 0. The molecule has 0 radical (unpaired) electrons. The number of benzene rings is 2. The Morgan fingerprint density at radius 1 is 1.12 bits per heavy atom. The Morgan fingerprint density at radius 3 is 2.64 bits per heavy atom. The molecule has 0 bridgehead atoms. The molecule has 0 atom stereocenters. The van der Waals surface area contributed by atoms with Gasteiger partial charge in [-0.1, -0.05) is 18.2 Å². The molecule has 1 N–H and O–H groups in total. The second kappa shape index (κ2) is 7.53. The SMILES string of the molecule is COc1ccc(NC(=O)Cc2cnn(-c3ccccc3)c2)c(OC)c1. The minimum atomic E-state index is -0.143. The number of anilines is 1. The predicted octanol–water partition coefficient (Wildman–Crippen LogP) is 3.07. The predicted molar refractivity (Wildman–Crippen MR) is 95.4 cm³/mol. The summed E-state index contributed by atoms with van der Waals surface area (Å²) in [4.78, 5) is 12.3. The summed E-state index contributed by atoms with van der Waals surface area (Å²) in [5.41, 5.74) is 2.38. The van der Waals surface area contributed by atoms with Crippen molar-refractivity contribution in [3.63, 3.8) is 0 Å². The van der Waals surface area contributed by atoms with Crippen LogP contribution in [-0.4, -0.2) is 29.9 Å². The molecule has 0 aliphatic carbocycles. The molecule has 128 valence electrons. The topological polar surface area (TPSA) is 65.4 Å². The van der Waals surface area contributed by atoms with E-state index in [4.69, 9.17) is 9.47 Å². The summed E-state index contributed by atoms with van der Waals surface area (Å²) >= 11 is 0. The van der Waals surface area contributed by atoms with E-state index in [1.54, 1.807) is 43.3 Å². The third-order valence-corrected chi connectivity index (χ3v) is 3.70. The van der Waals surface area contributed by atoms with Gasteiger partial charge >= 0.3 is 0 Å². The maximum absolute atomic E-state index is 12.3. The molecule has 0 aliphatic heterocycles. The van der Waals surface area contributed by atoms with Crippen LogP contribution in [0.1, 0.15) is 5.56 Å². The minimum absolute atomic E-state index is 0.143. The van der Waals surface area contributed by atoms with Crippen LogP contribution in [-0.2, 0) is 11.2 Å². The van der Waals surface area contributed by atoms with Crippen molar-refractivity contribution in [2.24, 2.45) is 0 Å². The number of aromatic nitrogens is 2. The van der Waals surface area contributed by atoms with Gasteiger partial charge < -0.3 is 14.8 Å². The monoisotopic (exact) mass is 337 g/mol. The van der Waals surface area contributed by atoms with Gasteiger partial charge in [-0.3, -0.25) is 4.79 Å². The molecule has 0 saturated carbocycles. The van der Waals surface area contributed by atoms with Gasteiger partial charge in [0, 0.05) is 12.3 Å². The van der Waals surface area contributed by atoms with Gasteiger partial charge in [-0.2, -0.15) is 5.10 Å². The normalized spacial score (nSPS) is 10.3. The molecular formula is C19H19N3O3. The highest BCUT2D eigenvalue weighted by molar-refractivity contribution is 5.93. The van der Waals surface area contributed by atoms with E-state index in [1.807, 2.05) is 36.5 Å². The Hall–Kier alpha value is -3.28. The number of ether oxygens (including phenoxy) is 2. The first-order valence-electron chi connectivity index (χ1n) is 7.80. The van der Waals surface area contributed by atoms with E-state index in [2.05, 4.69) is 10.4 Å². The van der Waals surface area contributed by atoms with E-state index in [-0.39, 0.29) is 12.3 Å². The number of nitrogens with one attached hydrogen (secondary N) is 1. The number of nitrogens with zero attached hydrogens (tertiary/aromatic N) is 2. The van der Waals surface area contributed by atoms with Crippen LogP contribution in [0.2, 0.25) is 0 Å². The molecule has 1 amide bonds. The molecule has 25 heavy (non-hydrogen) atoms. The van der Waals surface area contributed by atoms with Gasteiger partial charge in [-0.05, 0) is 29.8 Å². The zero-order valence-corrected chi connectivity index (χ0v) is 14.1. The zero-order chi connectivity index (χ0) is 17.6. The van der Waals surface area contributed by atoms with E-state index in [0.29, 0.717) is 17.2 Å². The molecule has 6 nitrogen and oxygen atoms in total. The quantitative estimate of drug-likeness (QED) is 0.751. The lowest BCUT2D eigenvalue weighted by atomic mass is 10.2. The Morgan fingerprint density at radius 2 is 1.92 bits per heavy atom. The number of amides is 1. The minimum Gasteiger partial charge on any atom is -0.497 e. The van der Waals surface area contributed by atoms with Crippen molar-refractivity contribution in [2.75, 3.05) is 19.5 Å². The number of hydrogen-bond donors (Lipinski definition) is 1. The average molecular weight is 337 g/mol. The summed E-state index contributed by atoms with van der Waals surface area (Å²) in [5, 5.41) is 7.15. The molecule has 3 rings (SSSR count). The summed E-state index contributed by atoms with van der Waals surface area (Å²) < 4.78 is 12.2. The zero-order valence-electron chi connectivity index (χ0n) is 14.1. The third-order valence-electron chi connectivity index (χ3n) is 3.70. The van der Waals surface area contributed by atoms with Crippen molar-refractivity contribution < 1.29 is 14.3 Å². The van der Waals surface area contributed by atoms with Gasteiger partial charge in [0.2, 0.25) is 5.91 Å². The number of carbonyl (C=O) groups is 1. The van der Waals surface area contributed by atoms with Crippen molar-refractivity contribution in [1.29, 1.82) is 0 Å². The Kier molecular flexibility index (Phi) is 4.99. The van der Waals surface area contributed by atoms with Gasteiger partial charge in [-0.25, -0.2) is 4.68 Å². The summed E-state index contributed by atoms with van der Waals surface area (Å²) in [7, 11) is 3.13. The maximum atomic E-state index is 12.3. The molecular weight excluding hydrogens is 318 g/mol. The van der Waals surface area contributed by atoms with E-state index in [0.717, 1.165) is 11.3 Å². The Balaban J connectivity index is 1.68. The highest BCUT2D eigenvalue weighted by atomic mass is 16.5. The number of hydrogen-bond acceptors (Lipinski definition) is 4. The van der Waals surface area contributed by atoms with Crippen LogP contribution >= 0.6 is 0 Å². The van der Waals surface area contributed by atoms with Crippen molar-refractivity contribution in [2.45, 2.75) is 6.42 Å². The van der Waals surface area contributed by atoms with Gasteiger partial charge in [0.25, 0.3) is 0 Å². The average Bonchev–Trinajstić information content (AvgIpc) is 3.11. The molecule has 0 aliphatic rings. The molecule has 6 heteroatoms. The fourth-order valence-electron chi connectivity index (χ4n) is 2.45. The lowest BCUT2D eigenvalue weighted by Gasteiger charge is -2.11. The van der Waals surface area contributed by atoms with Gasteiger partial charge in [0.05, 0.1) is 38.2 Å². The first kappa shape index (κ1) is 16.6. The van der Waals surface area contributed by atoms with Crippen LogP contribution < -0.4 is 14.8 Å². The maximum Gasteiger partial charge on any atom is 0.229 e. The molecule has 1 aromatic heterocycles. The van der Waals surface area contributed by atoms with Crippen molar-refractivity contribution in [1.82, 2.24) is 9.78 Å². The van der Waals surface area contributed by atoms with Crippen molar-refractivity contribution in [3.05, 3.63) is 66.5 Å². The summed E-state index contributed by atoms with van der Waals surface area (Å²) in [5.74, 6) is 1.07. The van der Waals surface area contributed by atoms with Gasteiger partial charge in [-0.15, -0.1) is 0 Å². The fraction of sp³-hybridized carbons (Fsp3) is 0.158. The van der Waals surface area contributed by atoms with Gasteiger partial charge in [0.1, 0.15) is 11.5 Å². The molecule has 2 aromatic carbocycles. The summed E-state index contributed by atoms with van der Waals surface area (Å²) in [6.07, 6.45) is 3.76. The Labute approximate surface area is 146 Å². The molecule has 0 unspecified atom stereocenters. The summed E-state index contributed by atoms with van der Waals surface area (Å²) in [6, 6.07) is 15.0. The van der Waals surface area contributed by atoms with Crippen molar-refractivity contribution >= 4 is 11.6 Å². The van der Waals surface area contributed by atoms with E-state index < -0.39 is 0 Å². The van der Waals surface area contributed by atoms with Gasteiger partial charge in [0.15, 0.2) is 0 Å². The van der Waals surface area contributed by atoms with Crippen LogP contribution in [0.5, 0.6) is 11.5 Å². The second-order valence-corrected chi connectivity index (χ2v) is 5.42. The molecule has 3 aromatic rings. The number of rotatable bonds is 6. The second-order valence-electron chi connectivity index (χ2n) is 5.42. The van der Waals surface area contributed by atoms with E-state index in [9.17, 15) is 4.79 Å². The molecule has 0 saturated heterocycles. The number of para-hydroxylation sites is 1. The molecule has 0 spiro atoms. The van der Waals surface area contributed by atoms with Crippen LogP contribution in [0.15, 0.2) is 60.9 Å². The number of carbonyl (C=O) groups excluding carboxylic acids is 1. The van der Waals surface area contributed by atoms with E-state index >= 15 is 0 Å². The van der Waals surface area contributed by atoms with E-state index in [1.165, 1.54) is 0 Å². The lowest BCUT2D eigenvalue weighted by molar-refractivity contribution is -0.115. The fourth-order valence-corrected chi connectivity index (χ4v) is 2.45. The Bertz CT molecular complexity index is 859. The first-order valence-corrected chi connectivity index (χ1v) is 7.80. The van der Waals surface area contributed by atoms with Crippen molar-refractivity contribution in [3.8, 4) is 17.2 Å². The lowest BCUT2D eigenvalue weighted by Crippen LogP contribution is -2.14. The third kappa shape index (κ3) is 3.98. The highest BCUT2D eigenvalue weighted by Gasteiger charge is 2.11. The van der Waals surface area contributed by atoms with Crippen LogP contribution in [0.25, 0.3) is 5.69 Å². The first-order chi connectivity index (χ1) is 12.2. The number of methoxy groups -OCH3 is 2. The highest BCUT2D eigenvalue weighted by Crippen LogP contribution is 2.29. The van der Waals surface area contributed by atoms with Crippen LogP contribution in [0.4, 0.5) is 5.69 Å². The van der Waals surface area contributed by atoms with Crippen LogP contribution in [0, 0.1) is 0 Å². The smallest absolute Gasteiger partial charge is 0.229 e.